The van der Waals surface area contributed by atoms with Gasteiger partial charge in [0.15, 0.2) is 6.10 Å². The van der Waals surface area contributed by atoms with Crippen molar-refractivity contribution in [2.75, 3.05) is 44.1 Å². The van der Waals surface area contributed by atoms with Crippen molar-refractivity contribution >= 4 is 29.5 Å². The summed E-state index contributed by atoms with van der Waals surface area (Å²) >= 11 is 0. The van der Waals surface area contributed by atoms with Crippen LogP contribution < -0.4 is 16.0 Å². The van der Waals surface area contributed by atoms with Crippen LogP contribution in [0.2, 0.25) is 0 Å². The lowest BCUT2D eigenvalue weighted by atomic mass is 9.91. The van der Waals surface area contributed by atoms with E-state index in [9.17, 15) is 19.8 Å². The van der Waals surface area contributed by atoms with Gasteiger partial charge in [-0.15, -0.1) is 6.58 Å². The zero-order chi connectivity index (χ0) is 33.3. The number of anilines is 2. The minimum atomic E-state index is -0.960. The number of ether oxygens (including phenoxy) is 4. The third-order valence-electron chi connectivity index (χ3n) is 8.01. The second-order valence-corrected chi connectivity index (χ2v) is 11.5. The number of primary amides is 1. The number of aromatic hydroxyl groups is 2. The van der Waals surface area contributed by atoms with Gasteiger partial charge >= 0.3 is 6.09 Å². The molecule has 0 aromatic heterocycles. The lowest BCUT2D eigenvalue weighted by molar-refractivity contribution is -0.112. The lowest BCUT2D eigenvalue weighted by Gasteiger charge is -2.35. The average Bonchev–Trinajstić information content (AvgIpc) is 2.96. The van der Waals surface area contributed by atoms with Gasteiger partial charge in [0.25, 0.3) is 5.91 Å². The molecule has 1 aromatic carbocycles. The number of nitrogens with one attached hydrogen (secondary N) is 1. The summed E-state index contributed by atoms with van der Waals surface area (Å²) in [6.45, 7) is 12.8. The van der Waals surface area contributed by atoms with Gasteiger partial charge in [0, 0.05) is 50.4 Å². The maximum absolute atomic E-state index is 13.1. The van der Waals surface area contributed by atoms with E-state index in [2.05, 4.69) is 11.9 Å². The quantitative estimate of drug-likeness (QED) is 0.182. The van der Waals surface area contributed by atoms with E-state index in [1.165, 1.54) is 13.2 Å². The fourth-order valence-corrected chi connectivity index (χ4v) is 5.56. The summed E-state index contributed by atoms with van der Waals surface area (Å²) in [6, 6.07) is 1.36. The molecule has 5 atom stereocenters. The van der Waals surface area contributed by atoms with Crippen LogP contribution in [0.25, 0.3) is 6.08 Å². The molecule has 0 unspecified atom stereocenters. The van der Waals surface area contributed by atoms with Crippen molar-refractivity contribution < 1.29 is 38.7 Å². The Labute approximate surface area is 265 Å². The number of carbonyl (C=O) groups excluding carboxylic acids is 2. The summed E-state index contributed by atoms with van der Waals surface area (Å²) in [6.07, 6.45) is 8.17. The number of allylic oxidation sites excluding steroid dienone is 2. The third-order valence-corrected chi connectivity index (χ3v) is 8.01. The SMILES string of the molecule is C=CCO[C@H]1[C@@H](OC)C/C(C)=C\c2c(O)c(cc(O)c2N2CCC2)NC(=O)/C(C)=C/C=C\[C@H](OC)[C@@H](OC(N)=O)/C(C)=C/[C@@H]1C. The molecule has 0 spiro atoms. The summed E-state index contributed by atoms with van der Waals surface area (Å²) in [5, 5.41) is 25.2. The number of phenols is 2. The number of hydrogen-bond acceptors (Lipinski definition) is 9. The number of methoxy groups -OCH3 is 2. The highest BCUT2D eigenvalue weighted by atomic mass is 16.6. The Morgan fingerprint density at radius 3 is 2.49 bits per heavy atom. The molecule has 1 aromatic rings. The van der Waals surface area contributed by atoms with Crippen LogP contribution in [0.5, 0.6) is 11.5 Å². The maximum atomic E-state index is 13.1. The predicted molar refractivity (Wildman–Crippen MR) is 175 cm³/mol. The molecule has 0 saturated carbocycles. The third kappa shape index (κ3) is 9.00. The molecular formula is C34H47N3O8. The van der Waals surface area contributed by atoms with E-state index < -0.39 is 36.4 Å². The average molecular weight is 626 g/mol. The smallest absolute Gasteiger partial charge is 0.405 e. The predicted octanol–water partition coefficient (Wildman–Crippen LogP) is 5.20. The molecule has 2 aliphatic heterocycles. The molecule has 2 aliphatic rings. The zero-order valence-corrected chi connectivity index (χ0v) is 27.0. The first-order chi connectivity index (χ1) is 21.4. The van der Waals surface area contributed by atoms with Crippen LogP contribution in [0.4, 0.5) is 16.2 Å². The number of hydrogen-bond donors (Lipinski definition) is 4. The van der Waals surface area contributed by atoms with Gasteiger partial charge in [-0.3, -0.25) is 4.79 Å². The largest absolute Gasteiger partial charge is 0.506 e. The molecule has 1 saturated heterocycles. The molecule has 246 valence electrons. The summed E-state index contributed by atoms with van der Waals surface area (Å²) in [5.41, 5.74) is 8.25. The van der Waals surface area contributed by atoms with Crippen LogP contribution in [0.1, 0.15) is 46.1 Å². The second-order valence-electron chi connectivity index (χ2n) is 11.5. The van der Waals surface area contributed by atoms with Gasteiger partial charge < -0.3 is 45.1 Å². The van der Waals surface area contributed by atoms with E-state index in [0.29, 0.717) is 28.8 Å². The van der Waals surface area contributed by atoms with Crippen molar-refractivity contribution in [2.45, 2.75) is 65.0 Å². The number of fused-ring (bicyclic) bond motifs is 2. The van der Waals surface area contributed by atoms with E-state index in [-0.39, 0.29) is 29.7 Å². The van der Waals surface area contributed by atoms with Gasteiger partial charge in [-0.1, -0.05) is 42.9 Å². The zero-order valence-electron chi connectivity index (χ0n) is 27.0. The molecule has 0 radical (unpaired) electrons. The fourth-order valence-electron chi connectivity index (χ4n) is 5.56. The second kappa shape index (κ2) is 16.3. The lowest BCUT2D eigenvalue weighted by Crippen LogP contribution is -2.38. The number of carbonyl (C=O) groups is 2. The van der Waals surface area contributed by atoms with Crippen LogP contribution >= 0.6 is 0 Å². The Hall–Kier alpha value is -4.06. The Kier molecular flexibility index (Phi) is 12.8. The topological polar surface area (TPSA) is 153 Å². The molecule has 0 aliphatic carbocycles. The van der Waals surface area contributed by atoms with Crippen molar-refractivity contribution in [2.24, 2.45) is 11.7 Å². The van der Waals surface area contributed by atoms with Crippen LogP contribution in [-0.2, 0) is 23.7 Å². The van der Waals surface area contributed by atoms with Crippen molar-refractivity contribution in [3.8, 4) is 11.5 Å². The van der Waals surface area contributed by atoms with Crippen molar-refractivity contribution in [1.29, 1.82) is 0 Å². The van der Waals surface area contributed by atoms with Gasteiger partial charge in [-0.2, -0.15) is 0 Å². The van der Waals surface area contributed by atoms with Crippen LogP contribution in [0, 0.1) is 5.92 Å². The van der Waals surface area contributed by atoms with Crippen LogP contribution in [0.15, 0.2) is 59.7 Å². The standard InChI is InChI=1S/C34H47N3O8/c1-8-15-44-31-22(4)18-23(5)32(45-34(35)41)27(42-6)12-9-11-21(3)33(40)36-25-19-26(38)29(37-13-10-14-37)24(30(25)39)16-20(2)17-28(31)43-7/h8-9,11-12,16,18-19,22,27-28,31-32,38-39H,1,10,13-15,17H2,2-7H3,(H2,35,41)(H,36,40)/b12-9-,20-16-,21-11+,23-18+/t22-,27-,28-,31+,32-/m0/s1. The van der Waals surface area contributed by atoms with E-state index in [0.717, 1.165) is 25.1 Å². The Bertz CT molecular complexity index is 1360. The minimum Gasteiger partial charge on any atom is -0.506 e. The van der Waals surface area contributed by atoms with E-state index in [1.54, 1.807) is 44.4 Å². The Morgan fingerprint density at radius 1 is 1.20 bits per heavy atom. The number of phenolic OH excluding ortho intramolecular Hbond substituents is 2. The first-order valence-electron chi connectivity index (χ1n) is 15.0. The molecule has 3 rings (SSSR count). The number of benzene rings is 1. The minimum absolute atomic E-state index is 0.0533. The number of amides is 2. The monoisotopic (exact) mass is 625 g/mol. The normalized spacial score (nSPS) is 29.1. The van der Waals surface area contributed by atoms with Crippen molar-refractivity contribution in [1.82, 2.24) is 0 Å². The molecule has 5 N–H and O–H groups in total. The molecule has 2 heterocycles. The Balaban J connectivity index is 2.21. The molecule has 2 amide bonds. The molecule has 11 nitrogen and oxygen atoms in total. The number of rotatable bonds is 7. The van der Waals surface area contributed by atoms with Gasteiger partial charge in [-0.05, 0) is 45.3 Å². The molecular weight excluding hydrogens is 578 g/mol. The first kappa shape index (κ1) is 35.4. The summed E-state index contributed by atoms with van der Waals surface area (Å²) in [5.74, 6) is -0.926. The highest BCUT2D eigenvalue weighted by Crippen LogP contribution is 2.45. The first-order valence-corrected chi connectivity index (χ1v) is 15.0. The maximum Gasteiger partial charge on any atom is 0.405 e. The van der Waals surface area contributed by atoms with Gasteiger partial charge in [-0.25, -0.2) is 4.79 Å². The van der Waals surface area contributed by atoms with Crippen LogP contribution in [0.3, 0.4) is 0 Å². The van der Waals surface area contributed by atoms with Gasteiger partial charge in [0.05, 0.1) is 30.2 Å². The summed E-state index contributed by atoms with van der Waals surface area (Å²) < 4.78 is 23.3. The van der Waals surface area contributed by atoms with Crippen LogP contribution in [-0.4, -0.2) is 80.5 Å². The molecule has 11 heteroatoms. The molecule has 1 fully saturated rings. The summed E-state index contributed by atoms with van der Waals surface area (Å²) in [7, 11) is 3.08. The Morgan fingerprint density at radius 2 is 1.91 bits per heavy atom. The highest BCUT2D eigenvalue weighted by molar-refractivity contribution is 6.05. The molecule has 2 bridgehead atoms. The summed E-state index contributed by atoms with van der Waals surface area (Å²) in [4.78, 5) is 27.0. The molecule has 45 heavy (non-hydrogen) atoms. The van der Waals surface area contributed by atoms with E-state index in [1.807, 2.05) is 31.7 Å². The van der Waals surface area contributed by atoms with Crippen molar-refractivity contribution in [3.63, 3.8) is 0 Å². The van der Waals surface area contributed by atoms with E-state index >= 15 is 0 Å². The van der Waals surface area contributed by atoms with Gasteiger partial charge in [0.2, 0.25) is 0 Å². The highest BCUT2D eigenvalue weighted by Gasteiger charge is 2.31. The fraction of sp³-hybridized carbons (Fsp3) is 0.471. The van der Waals surface area contributed by atoms with Crippen molar-refractivity contribution in [3.05, 3.63) is 65.3 Å². The van der Waals surface area contributed by atoms with Gasteiger partial charge in [0.1, 0.15) is 17.6 Å². The van der Waals surface area contributed by atoms with E-state index in [4.69, 9.17) is 24.7 Å². The number of nitrogens with two attached hydrogens (primary N) is 1. The number of nitrogens with zero attached hydrogens (tertiary/aromatic N) is 1.